The van der Waals surface area contributed by atoms with E-state index in [1.54, 1.807) is 18.5 Å². The van der Waals surface area contributed by atoms with E-state index in [2.05, 4.69) is 15.3 Å². The predicted molar refractivity (Wildman–Crippen MR) is 76.5 cm³/mol. The Hall–Kier alpha value is -2.96. The van der Waals surface area contributed by atoms with E-state index >= 15 is 0 Å². The van der Waals surface area contributed by atoms with Crippen molar-refractivity contribution in [2.75, 3.05) is 5.32 Å². The summed E-state index contributed by atoms with van der Waals surface area (Å²) in [6.07, 6.45) is 3.41. The SMILES string of the molecule is O=[N+]([O-])c1cccc(F)c1NCc1c[nH]c2ncccc12. The first-order valence-electron chi connectivity index (χ1n) is 6.24. The Kier molecular flexibility index (Phi) is 3.23. The number of nitro groups is 1. The summed E-state index contributed by atoms with van der Waals surface area (Å²) in [7, 11) is 0. The summed E-state index contributed by atoms with van der Waals surface area (Å²) in [5, 5.41) is 14.6. The van der Waals surface area contributed by atoms with E-state index in [1.807, 2.05) is 6.07 Å². The van der Waals surface area contributed by atoms with Crippen LogP contribution in [0.5, 0.6) is 0 Å². The van der Waals surface area contributed by atoms with Crippen molar-refractivity contribution in [1.82, 2.24) is 9.97 Å². The van der Waals surface area contributed by atoms with Crippen LogP contribution in [-0.4, -0.2) is 14.9 Å². The zero-order valence-electron chi connectivity index (χ0n) is 10.8. The summed E-state index contributed by atoms with van der Waals surface area (Å²) < 4.78 is 13.8. The Bertz CT molecular complexity index is 816. The number of rotatable bonds is 4. The van der Waals surface area contributed by atoms with Crippen molar-refractivity contribution < 1.29 is 9.31 Å². The monoisotopic (exact) mass is 286 g/mol. The molecule has 0 bridgehead atoms. The molecule has 3 rings (SSSR count). The minimum atomic E-state index is -0.651. The van der Waals surface area contributed by atoms with Gasteiger partial charge in [-0.25, -0.2) is 9.37 Å². The Balaban J connectivity index is 1.90. The highest BCUT2D eigenvalue weighted by atomic mass is 19.1. The summed E-state index contributed by atoms with van der Waals surface area (Å²) in [4.78, 5) is 17.5. The molecule has 106 valence electrons. The molecule has 0 saturated heterocycles. The van der Waals surface area contributed by atoms with E-state index in [4.69, 9.17) is 0 Å². The number of nitrogens with zero attached hydrogens (tertiary/aromatic N) is 2. The van der Waals surface area contributed by atoms with Crippen LogP contribution in [0, 0.1) is 15.9 Å². The molecule has 0 radical (unpaired) electrons. The minimum absolute atomic E-state index is 0.110. The second kappa shape index (κ2) is 5.20. The molecule has 0 aliphatic heterocycles. The first-order chi connectivity index (χ1) is 10.2. The number of benzene rings is 1. The van der Waals surface area contributed by atoms with Gasteiger partial charge in [-0.05, 0) is 23.8 Å². The van der Waals surface area contributed by atoms with Crippen LogP contribution < -0.4 is 5.32 Å². The molecule has 0 aliphatic rings. The van der Waals surface area contributed by atoms with Gasteiger partial charge in [0, 0.05) is 30.4 Å². The van der Waals surface area contributed by atoms with Crippen molar-refractivity contribution in [3.8, 4) is 0 Å². The molecule has 0 spiro atoms. The smallest absolute Gasteiger partial charge is 0.295 e. The third-order valence-electron chi connectivity index (χ3n) is 3.18. The number of aromatic amines is 1. The van der Waals surface area contributed by atoms with Gasteiger partial charge in [-0.2, -0.15) is 0 Å². The standard InChI is InChI=1S/C14H11FN4O2/c15-11-4-1-5-12(19(20)21)13(11)17-7-9-8-18-14-10(9)3-2-6-16-14/h1-6,8,17H,7H2,(H,16,18). The number of nitro benzene ring substituents is 1. The summed E-state index contributed by atoms with van der Waals surface area (Å²) in [5.74, 6) is -0.651. The molecule has 1 aromatic carbocycles. The Morgan fingerprint density at radius 3 is 3.00 bits per heavy atom. The number of anilines is 1. The lowest BCUT2D eigenvalue weighted by Crippen LogP contribution is -2.04. The van der Waals surface area contributed by atoms with E-state index in [-0.39, 0.29) is 17.9 Å². The van der Waals surface area contributed by atoms with Crippen molar-refractivity contribution in [3.05, 3.63) is 64.2 Å². The number of fused-ring (bicyclic) bond motifs is 1. The van der Waals surface area contributed by atoms with E-state index in [1.165, 1.54) is 18.2 Å². The number of hydrogen-bond acceptors (Lipinski definition) is 4. The van der Waals surface area contributed by atoms with Gasteiger partial charge in [0.05, 0.1) is 4.92 Å². The molecule has 6 nitrogen and oxygen atoms in total. The lowest BCUT2D eigenvalue weighted by atomic mass is 10.2. The van der Waals surface area contributed by atoms with Gasteiger partial charge >= 0.3 is 0 Å². The molecule has 0 amide bonds. The summed E-state index contributed by atoms with van der Waals surface area (Å²) in [6, 6.07) is 7.44. The van der Waals surface area contributed by atoms with Crippen molar-refractivity contribution >= 4 is 22.4 Å². The number of pyridine rings is 1. The maximum Gasteiger partial charge on any atom is 0.295 e. The van der Waals surface area contributed by atoms with E-state index in [0.29, 0.717) is 0 Å². The van der Waals surface area contributed by atoms with Gasteiger partial charge in [0.2, 0.25) is 0 Å². The number of H-pyrrole nitrogens is 1. The van der Waals surface area contributed by atoms with E-state index in [9.17, 15) is 14.5 Å². The summed E-state index contributed by atoms with van der Waals surface area (Å²) in [6.45, 7) is 0.257. The van der Waals surface area contributed by atoms with Crippen LogP contribution in [0.4, 0.5) is 15.8 Å². The van der Waals surface area contributed by atoms with Crippen LogP contribution >= 0.6 is 0 Å². The van der Waals surface area contributed by atoms with Crippen LogP contribution in [0.15, 0.2) is 42.7 Å². The van der Waals surface area contributed by atoms with Crippen LogP contribution in [0.2, 0.25) is 0 Å². The predicted octanol–water partition coefficient (Wildman–Crippen LogP) is 3.22. The highest BCUT2D eigenvalue weighted by Gasteiger charge is 2.17. The fourth-order valence-electron chi connectivity index (χ4n) is 2.18. The van der Waals surface area contributed by atoms with Crippen molar-refractivity contribution in [1.29, 1.82) is 0 Å². The fraction of sp³-hybridized carbons (Fsp3) is 0.0714. The third-order valence-corrected chi connectivity index (χ3v) is 3.18. The van der Waals surface area contributed by atoms with Crippen LogP contribution in [-0.2, 0) is 6.54 Å². The molecule has 0 saturated carbocycles. The molecule has 0 aliphatic carbocycles. The van der Waals surface area contributed by atoms with Gasteiger partial charge in [-0.1, -0.05) is 6.07 Å². The van der Waals surface area contributed by atoms with Gasteiger partial charge in [0.15, 0.2) is 5.82 Å². The molecule has 2 heterocycles. The molecule has 21 heavy (non-hydrogen) atoms. The minimum Gasteiger partial charge on any atom is -0.373 e. The van der Waals surface area contributed by atoms with Crippen LogP contribution in [0.1, 0.15) is 5.56 Å². The third kappa shape index (κ3) is 2.40. The Morgan fingerprint density at radius 1 is 1.33 bits per heavy atom. The maximum absolute atomic E-state index is 13.8. The van der Waals surface area contributed by atoms with Crippen molar-refractivity contribution in [2.24, 2.45) is 0 Å². The second-order valence-electron chi connectivity index (χ2n) is 4.46. The summed E-state index contributed by atoms with van der Waals surface area (Å²) in [5.41, 5.74) is 1.18. The van der Waals surface area contributed by atoms with Gasteiger partial charge in [-0.3, -0.25) is 10.1 Å². The van der Waals surface area contributed by atoms with Crippen LogP contribution in [0.3, 0.4) is 0 Å². The number of halogens is 1. The molecule has 2 aromatic heterocycles. The van der Waals surface area contributed by atoms with Gasteiger partial charge in [0.1, 0.15) is 11.3 Å². The van der Waals surface area contributed by atoms with Gasteiger partial charge in [-0.15, -0.1) is 0 Å². The second-order valence-corrected chi connectivity index (χ2v) is 4.46. The molecule has 0 fully saturated rings. The number of nitrogens with one attached hydrogen (secondary N) is 2. The molecule has 0 unspecified atom stereocenters. The summed E-state index contributed by atoms with van der Waals surface area (Å²) >= 11 is 0. The van der Waals surface area contributed by atoms with Gasteiger partial charge in [0.25, 0.3) is 5.69 Å². The molecular weight excluding hydrogens is 275 g/mol. The maximum atomic E-state index is 13.8. The number of hydrogen-bond donors (Lipinski definition) is 2. The lowest BCUT2D eigenvalue weighted by Gasteiger charge is -2.07. The zero-order chi connectivity index (χ0) is 14.8. The van der Waals surface area contributed by atoms with Crippen LogP contribution in [0.25, 0.3) is 11.0 Å². The molecule has 0 atom stereocenters. The Labute approximate surface area is 118 Å². The van der Waals surface area contributed by atoms with Crippen molar-refractivity contribution in [2.45, 2.75) is 6.54 Å². The van der Waals surface area contributed by atoms with E-state index in [0.717, 1.165) is 16.6 Å². The zero-order valence-corrected chi connectivity index (χ0v) is 10.8. The highest BCUT2D eigenvalue weighted by Crippen LogP contribution is 2.28. The van der Waals surface area contributed by atoms with Gasteiger partial charge < -0.3 is 10.3 Å². The molecule has 7 heteroatoms. The largest absolute Gasteiger partial charge is 0.373 e. The average molecular weight is 286 g/mol. The lowest BCUT2D eigenvalue weighted by molar-refractivity contribution is -0.384. The fourth-order valence-corrected chi connectivity index (χ4v) is 2.18. The normalized spacial score (nSPS) is 10.7. The number of aromatic nitrogens is 2. The Morgan fingerprint density at radius 2 is 2.19 bits per heavy atom. The quantitative estimate of drug-likeness (QED) is 0.569. The van der Waals surface area contributed by atoms with E-state index < -0.39 is 10.7 Å². The highest BCUT2D eigenvalue weighted by molar-refractivity contribution is 5.79. The topological polar surface area (TPSA) is 83.9 Å². The number of para-hydroxylation sites is 1. The molecular formula is C14H11FN4O2. The van der Waals surface area contributed by atoms with Crippen molar-refractivity contribution in [3.63, 3.8) is 0 Å². The molecule has 3 aromatic rings. The first kappa shape index (κ1) is 13.0. The molecule has 2 N–H and O–H groups in total. The average Bonchev–Trinajstić information content (AvgIpc) is 2.89. The first-order valence-corrected chi connectivity index (χ1v) is 6.24.